The number of hydrogen-bond acceptors (Lipinski definition) is 4. The molecule has 0 aromatic heterocycles. The maximum absolute atomic E-state index is 12.5. The lowest BCUT2D eigenvalue weighted by Crippen LogP contribution is -2.52. The summed E-state index contributed by atoms with van der Waals surface area (Å²) in [4.78, 5) is 12.5. The lowest BCUT2D eigenvalue weighted by Gasteiger charge is -2.31. The standard InChI is InChI=1S/C16H27N3O3S/c1-5-16(6-2,11-17)18-15(20)13-8-7-9-14(10-13)23(21,22)19-12(3)4/h7-10,12,19H,5-6,11,17H2,1-4H3,(H,18,20). The molecule has 0 saturated carbocycles. The topological polar surface area (TPSA) is 101 Å². The second-order valence-corrected chi connectivity index (χ2v) is 7.66. The minimum absolute atomic E-state index is 0.0743. The van der Waals surface area contributed by atoms with Gasteiger partial charge in [0.05, 0.1) is 10.4 Å². The lowest BCUT2D eigenvalue weighted by molar-refractivity contribution is 0.0895. The monoisotopic (exact) mass is 341 g/mol. The highest BCUT2D eigenvalue weighted by Gasteiger charge is 2.27. The average molecular weight is 341 g/mol. The number of sulfonamides is 1. The van der Waals surface area contributed by atoms with Crippen molar-refractivity contribution in [3.63, 3.8) is 0 Å². The summed E-state index contributed by atoms with van der Waals surface area (Å²) in [5.74, 6) is -0.319. The van der Waals surface area contributed by atoms with E-state index < -0.39 is 15.6 Å². The molecular formula is C16H27N3O3S. The molecule has 0 radical (unpaired) electrons. The SMILES string of the molecule is CCC(CC)(CN)NC(=O)c1cccc(S(=O)(=O)NC(C)C)c1. The second-order valence-electron chi connectivity index (χ2n) is 5.95. The molecule has 0 heterocycles. The molecule has 0 aliphatic rings. The van der Waals surface area contributed by atoms with Crippen LogP contribution in [0.3, 0.4) is 0 Å². The largest absolute Gasteiger partial charge is 0.345 e. The Bertz CT molecular complexity index is 629. The zero-order chi connectivity index (χ0) is 17.7. The van der Waals surface area contributed by atoms with Crippen LogP contribution in [-0.4, -0.2) is 32.5 Å². The van der Waals surface area contributed by atoms with E-state index in [1.54, 1.807) is 26.0 Å². The van der Waals surface area contributed by atoms with Crippen molar-refractivity contribution in [3.8, 4) is 0 Å². The van der Waals surface area contributed by atoms with E-state index in [0.717, 1.165) is 0 Å². The number of rotatable bonds is 8. The van der Waals surface area contributed by atoms with E-state index in [9.17, 15) is 13.2 Å². The van der Waals surface area contributed by atoms with Crippen LogP contribution in [0.1, 0.15) is 50.9 Å². The molecule has 0 spiro atoms. The molecule has 0 fully saturated rings. The average Bonchev–Trinajstić information content (AvgIpc) is 2.51. The number of carbonyl (C=O) groups excluding carboxylic acids is 1. The molecule has 0 saturated heterocycles. The first-order valence-electron chi connectivity index (χ1n) is 7.84. The quantitative estimate of drug-likeness (QED) is 0.669. The number of benzene rings is 1. The van der Waals surface area contributed by atoms with Gasteiger partial charge in [0.2, 0.25) is 10.0 Å². The van der Waals surface area contributed by atoms with Gasteiger partial charge in [0, 0.05) is 18.2 Å². The third-order valence-electron chi connectivity index (χ3n) is 3.92. The molecule has 1 amide bonds. The molecule has 1 rings (SSSR count). The van der Waals surface area contributed by atoms with Crippen molar-refractivity contribution in [3.05, 3.63) is 29.8 Å². The first kappa shape index (κ1) is 19.6. The fourth-order valence-electron chi connectivity index (χ4n) is 2.26. The van der Waals surface area contributed by atoms with Gasteiger partial charge in [-0.25, -0.2) is 13.1 Å². The Balaban J connectivity index is 3.07. The molecule has 1 aromatic rings. The first-order chi connectivity index (χ1) is 10.7. The minimum atomic E-state index is -3.63. The van der Waals surface area contributed by atoms with Crippen LogP contribution in [0, 0.1) is 0 Å². The van der Waals surface area contributed by atoms with Crippen LogP contribution in [0.2, 0.25) is 0 Å². The zero-order valence-corrected chi connectivity index (χ0v) is 15.0. The fraction of sp³-hybridized carbons (Fsp3) is 0.562. The Kier molecular flexibility index (Phi) is 6.73. The third kappa shape index (κ3) is 5.02. The molecule has 6 nitrogen and oxygen atoms in total. The summed E-state index contributed by atoms with van der Waals surface area (Å²) in [5, 5.41) is 2.94. The van der Waals surface area contributed by atoms with Crippen LogP contribution in [0.25, 0.3) is 0 Å². The van der Waals surface area contributed by atoms with E-state index in [0.29, 0.717) is 24.9 Å². The summed E-state index contributed by atoms with van der Waals surface area (Å²) >= 11 is 0. The maximum Gasteiger partial charge on any atom is 0.251 e. The van der Waals surface area contributed by atoms with Crippen molar-refractivity contribution in [1.82, 2.24) is 10.0 Å². The van der Waals surface area contributed by atoms with Crippen molar-refractivity contribution in [2.75, 3.05) is 6.54 Å². The Morgan fingerprint density at radius 3 is 2.35 bits per heavy atom. The van der Waals surface area contributed by atoms with Gasteiger partial charge in [-0.2, -0.15) is 0 Å². The van der Waals surface area contributed by atoms with Gasteiger partial charge in [-0.15, -0.1) is 0 Å². The highest BCUT2D eigenvalue weighted by molar-refractivity contribution is 7.89. The Labute approximate surface area is 138 Å². The van der Waals surface area contributed by atoms with Crippen LogP contribution in [0.5, 0.6) is 0 Å². The van der Waals surface area contributed by atoms with E-state index in [2.05, 4.69) is 10.0 Å². The van der Waals surface area contributed by atoms with Crippen molar-refractivity contribution >= 4 is 15.9 Å². The molecule has 4 N–H and O–H groups in total. The van der Waals surface area contributed by atoms with Gasteiger partial charge in [0.1, 0.15) is 0 Å². The molecular weight excluding hydrogens is 314 g/mol. The van der Waals surface area contributed by atoms with Gasteiger partial charge in [-0.3, -0.25) is 4.79 Å². The van der Waals surface area contributed by atoms with Gasteiger partial charge >= 0.3 is 0 Å². The maximum atomic E-state index is 12.5. The van der Waals surface area contributed by atoms with E-state index in [1.807, 2.05) is 13.8 Å². The predicted molar refractivity (Wildman–Crippen MR) is 91.7 cm³/mol. The Hall–Kier alpha value is -1.44. The molecule has 0 aliphatic carbocycles. The van der Waals surface area contributed by atoms with Gasteiger partial charge in [-0.05, 0) is 44.9 Å². The third-order valence-corrected chi connectivity index (χ3v) is 5.58. The summed E-state index contributed by atoms with van der Waals surface area (Å²) in [7, 11) is -3.63. The summed E-state index contributed by atoms with van der Waals surface area (Å²) in [6, 6.07) is 5.79. The van der Waals surface area contributed by atoms with Crippen molar-refractivity contribution in [2.24, 2.45) is 5.73 Å². The van der Waals surface area contributed by atoms with Gasteiger partial charge in [-0.1, -0.05) is 19.9 Å². The molecule has 7 heteroatoms. The van der Waals surface area contributed by atoms with Crippen LogP contribution >= 0.6 is 0 Å². The second kappa shape index (κ2) is 7.90. The van der Waals surface area contributed by atoms with Crippen LogP contribution in [0.15, 0.2) is 29.2 Å². The summed E-state index contributed by atoms with van der Waals surface area (Å²) < 4.78 is 26.9. The van der Waals surface area contributed by atoms with Crippen LogP contribution in [-0.2, 0) is 10.0 Å². The number of nitrogens with one attached hydrogen (secondary N) is 2. The Morgan fingerprint density at radius 2 is 1.87 bits per heavy atom. The summed E-state index contributed by atoms with van der Waals surface area (Å²) in [6.45, 7) is 7.74. The first-order valence-corrected chi connectivity index (χ1v) is 9.33. The summed E-state index contributed by atoms with van der Waals surface area (Å²) in [6.07, 6.45) is 1.41. The van der Waals surface area contributed by atoms with Gasteiger partial charge in [0.15, 0.2) is 0 Å². The van der Waals surface area contributed by atoms with Gasteiger partial charge < -0.3 is 11.1 Å². The lowest BCUT2D eigenvalue weighted by atomic mass is 9.92. The molecule has 0 bridgehead atoms. The number of hydrogen-bond donors (Lipinski definition) is 3. The highest BCUT2D eigenvalue weighted by atomic mass is 32.2. The van der Waals surface area contributed by atoms with Crippen molar-refractivity contribution < 1.29 is 13.2 Å². The fourth-order valence-corrected chi connectivity index (χ4v) is 3.56. The van der Waals surface area contributed by atoms with E-state index in [1.165, 1.54) is 12.1 Å². The van der Waals surface area contributed by atoms with E-state index >= 15 is 0 Å². The molecule has 23 heavy (non-hydrogen) atoms. The van der Waals surface area contributed by atoms with Gasteiger partial charge in [0.25, 0.3) is 5.91 Å². The number of amides is 1. The number of carbonyl (C=O) groups is 1. The minimum Gasteiger partial charge on any atom is -0.345 e. The smallest absolute Gasteiger partial charge is 0.251 e. The molecule has 130 valence electrons. The summed E-state index contributed by atoms with van der Waals surface area (Å²) in [5.41, 5.74) is 5.62. The highest BCUT2D eigenvalue weighted by Crippen LogP contribution is 2.16. The molecule has 1 aromatic carbocycles. The van der Waals surface area contributed by atoms with E-state index in [4.69, 9.17) is 5.73 Å². The normalized spacial score (nSPS) is 12.4. The molecule has 0 unspecified atom stereocenters. The molecule has 0 aliphatic heterocycles. The van der Waals surface area contributed by atoms with Crippen LogP contribution < -0.4 is 15.8 Å². The van der Waals surface area contributed by atoms with Crippen molar-refractivity contribution in [2.45, 2.75) is 57.0 Å². The Morgan fingerprint density at radius 1 is 1.26 bits per heavy atom. The number of nitrogens with two attached hydrogens (primary N) is 1. The predicted octanol–water partition coefficient (Wildman–Crippen LogP) is 1.62. The van der Waals surface area contributed by atoms with Crippen LogP contribution in [0.4, 0.5) is 0 Å². The zero-order valence-electron chi connectivity index (χ0n) is 14.2. The van der Waals surface area contributed by atoms with Crippen molar-refractivity contribution in [1.29, 1.82) is 0 Å². The van der Waals surface area contributed by atoms with E-state index in [-0.39, 0.29) is 16.8 Å². The molecule has 0 atom stereocenters.